The molecule has 1 aliphatic rings. The highest BCUT2D eigenvalue weighted by molar-refractivity contribution is 5.70. The second kappa shape index (κ2) is 6.12. The molecule has 0 radical (unpaired) electrons. The first-order chi connectivity index (χ1) is 8.76. The number of carbonyl (C=O) groups is 2. The Morgan fingerprint density at radius 2 is 1.74 bits per heavy atom. The van der Waals surface area contributed by atoms with Gasteiger partial charge >= 0.3 is 12.2 Å². The summed E-state index contributed by atoms with van der Waals surface area (Å²) in [6, 6.07) is 0. The molecule has 0 aromatic carbocycles. The van der Waals surface area contributed by atoms with Gasteiger partial charge in [-0.3, -0.25) is 0 Å². The van der Waals surface area contributed by atoms with Gasteiger partial charge in [0, 0.05) is 13.1 Å². The summed E-state index contributed by atoms with van der Waals surface area (Å²) >= 11 is 0. The molecule has 110 valence electrons. The molecule has 19 heavy (non-hydrogen) atoms. The Kier molecular flexibility index (Phi) is 5.03. The molecule has 0 bridgehead atoms. The minimum Gasteiger partial charge on any atom is -0.444 e. The third-order valence-electron chi connectivity index (χ3n) is 2.79. The van der Waals surface area contributed by atoms with Gasteiger partial charge in [0.25, 0.3) is 0 Å². The molecule has 6 heteroatoms. The van der Waals surface area contributed by atoms with Crippen LogP contribution in [-0.2, 0) is 9.47 Å². The molecule has 1 rings (SSSR count). The molecule has 1 saturated heterocycles. The molecule has 0 aromatic rings. The van der Waals surface area contributed by atoms with E-state index in [1.807, 2.05) is 34.6 Å². The van der Waals surface area contributed by atoms with Crippen molar-refractivity contribution in [2.24, 2.45) is 0 Å². The fourth-order valence-electron chi connectivity index (χ4n) is 1.69. The van der Waals surface area contributed by atoms with Gasteiger partial charge in [-0.15, -0.1) is 0 Å². The SMILES string of the molecule is CCN(CC)C(=O)OC1CN(C(=O)OC(C)(C)C)C1. The monoisotopic (exact) mass is 272 g/mol. The number of nitrogens with zero attached hydrogens (tertiary/aromatic N) is 2. The Hall–Kier alpha value is -1.46. The van der Waals surface area contributed by atoms with E-state index >= 15 is 0 Å². The molecular weight excluding hydrogens is 248 g/mol. The summed E-state index contributed by atoms with van der Waals surface area (Å²) < 4.78 is 10.5. The second-order valence-corrected chi connectivity index (χ2v) is 5.56. The number of hydrogen-bond acceptors (Lipinski definition) is 4. The third kappa shape index (κ3) is 4.61. The molecule has 0 aromatic heterocycles. The van der Waals surface area contributed by atoms with E-state index in [4.69, 9.17) is 9.47 Å². The molecule has 6 nitrogen and oxygen atoms in total. The lowest BCUT2D eigenvalue weighted by atomic mass is 10.2. The Bertz CT molecular complexity index is 328. The fraction of sp³-hybridized carbons (Fsp3) is 0.846. The maximum Gasteiger partial charge on any atom is 0.410 e. The minimum absolute atomic E-state index is 0.222. The average molecular weight is 272 g/mol. The van der Waals surface area contributed by atoms with Crippen molar-refractivity contribution in [2.45, 2.75) is 46.3 Å². The smallest absolute Gasteiger partial charge is 0.410 e. The van der Waals surface area contributed by atoms with Gasteiger partial charge in [-0.1, -0.05) is 0 Å². The lowest BCUT2D eigenvalue weighted by molar-refractivity contribution is -0.0431. The molecule has 0 spiro atoms. The van der Waals surface area contributed by atoms with Crippen LogP contribution in [-0.4, -0.2) is 59.9 Å². The number of ether oxygens (including phenoxy) is 2. The lowest BCUT2D eigenvalue weighted by Crippen LogP contribution is -2.57. The zero-order chi connectivity index (χ0) is 14.6. The molecule has 2 amide bonds. The predicted molar refractivity (Wildman–Crippen MR) is 71.0 cm³/mol. The zero-order valence-corrected chi connectivity index (χ0v) is 12.4. The minimum atomic E-state index is -0.500. The van der Waals surface area contributed by atoms with E-state index < -0.39 is 5.60 Å². The van der Waals surface area contributed by atoms with E-state index in [0.29, 0.717) is 26.2 Å². The quantitative estimate of drug-likeness (QED) is 0.789. The lowest BCUT2D eigenvalue weighted by Gasteiger charge is -2.39. The average Bonchev–Trinajstić information content (AvgIpc) is 2.21. The molecule has 0 aliphatic carbocycles. The van der Waals surface area contributed by atoms with Crippen LogP contribution < -0.4 is 0 Å². The van der Waals surface area contributed by atoms with E-state index in [9.17, 15) is 9.59 Å². The van der Waals surface area contributed by atoms with Gasteiger partial charge in [0.2, 0.25) is 0 Å². The van der Waals surface area contributed by atoms with Crippen molar-refractivity contribution in [1.82, 2.24) is 9.80 Å². The van der Waals surface area contributed by atoms with Crippen molar-refractivity contribution in [3.05, 3.63) is 0 Å². The van der Waals surface area contributed by atoms with Crippen LogP contribution in [0, 0.1) is 0 Å². The van der Waals surface area contributed by atoms with Crippen LogP contribution >= 0.6 is 0 Å². The van der Waals surface area contributed by atoms with Crippen LogP contribution in [0.2, 0.25) is 0 Å². The van der Waals surface area contributed by atoms with E-state index in [1.54, 1.807) is 4.90 Å². The van der Waals surface area contributed by atoms with Crippen LogP contribution in [0.4, 0.5) is 9.59 Å². The van der Waals surface area contributed by atoms with Crippen LogP contribution in [0.25, 0.3) is 0 Å². The topological polar surface area (TPSA) is 59.1 Å². The van der Waals surface area contributed by atoms with E-state index in [1.165, 1.54) is 4.90 Å². The normalized spacial score (nSPS) is 15.7. The number of likely N-dealkylation sites (tertiary alicyclic amines) is 1. The maximum absolute atomic E-state index is 11.7. The number of amides is 2. The Morgan fingerprint density at radius 1 is 1.21 bits per heavy atom. The van der Waals surface area contributed by atoms with Crippen molar-refractivity contribution < 1.29 is 19.1 Å². The molecule has 1 heterocycles. The summed E-state index contributed by atoms with van der Waals surface area (Å²) in [5.41, 5.74) is -0.500. The van der Waals surface area contributed by atoms with E-state index in [2.05, 4.69) is 0 Å². The van der Waals surface area contributed by atoms with Crippen LogP contribution in [0.1, 0.15) is 34.6 Å². The molecule has 0 unspecified atom stereocenters. The molecule has 1 aliphatic heterocycles. The third-order valence-corrected chi connectivity index (χ3v) is 2.79. The largest absolute Gasteiger partial charge is 0.444 e. The summed E-state index contributed by atoms with van der Waals surface area (Å²) in [7, 11) is 0. The molecule has 0 N–H and O–H groups in total. The van der Waals surface area contributed by atoms with Crippen LogP contribution in [0.5, 0.6) is 0 Å². The highest BCUT2D eigenvalue weighted by Crippen LogP contribution is 2.17. The number of hydrogen-bond donors (Lipinski definition) is 0. The number of rotatable bonds is 3. The molecule has 0 atom stereocenters. The first-order valence-corrected chi connectivity index (χ1v) is 6.70. The van der Waals surface area contributed by atoms with Crippen molar-refractivity contribution in [1.29, 1.82) is 0 Å². The van der Waals surface area contributed by atoms with Gasteiger partial charge in [-0.05, 0) is 34.6 Å². The van der Waals surface area contributed by atoms with Gasteiger partial charge in [0.15, 0.2) is 0 Å². The van der Waals surface area contributed by atoms with Gasteiger partial charge in [-0.25, -0.2) is 9.59 Å². The number of carbonyl (C=O) groups excluding carboxylic acids is 2. The van der Waals surface area contributed by atoms with Crippen molar-refractivity contribution in [3.63, 3.8) is 0 Å². The molecular formula is C13H24N2O4. The maximum atomic E-state index is 11.7. The summed E-state index contributed by atoms with van der Waals surface area (Å²) in [4.78, 5) is 26.5. The second-order valence-electron chi connectivity index (χ2n) is 5.56. The van der Waals surface area contributed by atoms with E-state index in [-0.39, 0.29) is 18.3 Å². The Morgan fingerprint density at radius 3 is 2.16 bits per heavy atom. The Labute approximate surface area is 114 Å². The van der Waals surface area contributed by atoms with Gasteiger partial charge < -0.3 is 19.3 Å². The predicted octanol–water partition coefficient (Wildman–Crippen LogP) is 2.08. The van der Waals surface area contributed by atoms with Crippen LogP contribution in [0.15, 0.2) is 0 Å². The fourth-order valence-corrected chi connectivity index (χ4v) is 1.69. The standard InChI is InChI=1S/C13H24N2O4/c1-6-14(7-2)11(16)18-10-8-15(9-10)12(17)19-13(3,4)5/h10H,6-9H2,1-5H3. The van der Waals surface area contributed by atoms with Crippen molar-refractivity contribution >= 4 is 12.2 Å². The first-order valence-electron chi connectivity index (χ1n) is 6.70. The van der Waals surface area contributed by atoms with Crippen LogP contribution in [0.3, 0.4) is 0 Å². The summed E-state index contributed by atoms with van der Waals surface area (Å²) in [5, 5.41) is 0. The summed E-state index contributed by atoms with van der Waals surface area (Å²) in [6.45, 7) is 11.3. The molecule has 0 saturated carbocycles. The van der Waals surface area contributed by atoms with Crippen molar-refractivity contribution in [2.75, 3.05) is 26.2 Å². The summed E-state index contributed by atoms with van der Waals surface area (Å²) in [6.07, 6.45) is -0.901. The Balaban J connectivity index is 2.30. The van der Waals surface area contributed by atoms with E-state index in [0.717, 1.165) is 0 Å². The highest BCUT2D eigenvalue weighted by Gasteiger charge is 2.36. The van der Waals surface area contributed by atoms with Gasteiger partial charge in [0.1, 0.15) is 11.7 Å². The first kappa shape index (κ1) is 15.6. The summed E-state index contributed by atoms with van der Waals surface area (Å²) in [5.74, 6) is 0. The zero-order valence-electron chi connectivity index (χ0n) is 12.4. The van der Waals surface area contributed by atoms with Gasteiger partial charge in [0.05, 0.1) is 13.1 Å². The molecule has 1 fully saturated rings. The van der Waals surface area contributed by atoms with Crippen molar-refractivity contribution in [3.8, 4) is 0 Å². The van der Waals surface area contributed by atoms with Gasteiger partial charge in [-0.2, -0.15) is 0 Å². The highest BCUT2D eigenvalue weighted by atomic mass is 16.6.